The average Bonchev–Trinajstić information content (AvgIpc) is 3.14. The molecule has 2 aromatic heterocycles. The fraction of sp³-hybridized carbons (Fsp3) is 0.350. The molecule has 0 bridgehead atoms. The molecule has 0 radical (unpaired) electrons. The first-order valence-electron chi connectivity index (χ1n) is 9.14. The van der Waals surface area contributed by atoms with E-state index in [1.165, 1.54) is 0 Å². The fourth-order valence-corrected chi connectivity index (χ4v) is 3.38. The third-order valence-corrected chi connectivity index (χ3v) is 4.82. The molecule has 1 atom stereocenters. The monoisotopic (exact) mass is 363 g/mol. The minimum absolute atomic E-state index is 0.0166. The first kappa shape index (κ1) is 17.3. The number of benzene rings is 1. The summed E-state index contributed by atoms with van der Waals surface area (Å²) in [6, 6.07) is 11.2. The number of hydrogen-bond donors (Lipinski definition) is 0. The highest BCUT2D eigenvalue weighted by Crippen LogP contribution is 2.31. The second-order valence-electron chi connectivity index (χ2n) is 6.83. The van der Waals surface area contributed by atoms with Gasteiger partial charge in [-0.15, -0.1) is 0 Å². The molecule has 1 aliphatic rings. The summed E-state index contributed by atoms with van der Waals surface area (Å²) < 4.78 is 5.34. The van der Waals surface area contributed by atoms with E-state index in [4.69, 9.17) is 4.52 Å². The number of aryl methyl sites for hydroxylation is 2. The molecule has 138 valence electrons. The summed E-state index contributed by atoms with van der Waals surface area (Å²) in [7, 11) is 0. The van der Waals surface area contributed by atoms with E-state index in [0.717, 1.165) is 36.2 Å². The van der Waals surface area contributed by atoms with Gasteiger partial charge in [-0.05, 0) is 57.4 Å². The average molecular weight is 363 g/mol. The number of nitrogens with zero attached hydrogens (tertiary/aromatic N) is 5. The summed E-state index contributed by atoms with van der Waals surface area (Å²) in [5.41, 5.74) is 3.23. The Balaban J connectivity index is 1.56. The van der Waals surface area contributed by atoms with Crippen LogP contribution in [0.15, 0.2) is 40.9 Å². The predicted molar refractivity (Wildman–Crippen MR) is 98.9 cm³/mol. The van der Waals surface area contributed by atoms with Crippen LogP contribution in [0.5, 0.6) is 0 Å². The van der Waals surface area contributed by atoms with E-state index in [0.29, 0.717) is 23.8 Å². The van der Waals surface area contributed by atoms with Crippen molar-refractivity contribution in [1.82, 2.24) is 25.2 Å². The molecule has 0 spiro atoms. The van der Waals surface area contributed by atoms with Crippen molar-refractivity contribution in [2.45, 2.75) is 39.2 Å². The molecule has 0 aliphatic carbocycles. The Labute approximate surface area is 157 Å². The van der Waals surface area contributed by atoms with Gasteiger partial charge < -0.3 is 9.42 Å². The van der Waals surface area contributed by atoms with Gasteiger partial charge in [-0.25, -0.2) is 0 Å². The number of carbonyl (C=O) groups is 1. The molecule has 4 rings (SSSR count). The molecule has 0 unspecified atom stereocenters. The summed E-state index contributed by atoms with van der Waals surface area (Å²) in [6.07, 6.45) is 2.86. The summed E-state index contributed by atoms with van der Waals surface area (Å²) in [4.78, 5) is 19.3. The molecule has 27 heavy (non-hydrogen) atoms. The van der Waals surface area contributed by atoms with E-state index in [1.807, 2.05) is 48.2 Å². The van der Waals surface area contributed by atoms with Gasteiger partial charge in [0, 0.05) is 17.7 Å². The van der Waals surface area contributed by atoms with E-state index < -0.39 is 0 Å². The lowest BCUT2D eigenvalue weighted by Gasteiger charge is -2.33. The predicted octanol–water partition coefficient (Wildman–Crippen LogP) is 3.51. The van der Waals surface area contributed by atoms with Crippen LogP contribution in [0, 0.1) is 13.8 Å². The Bertz CT molecular complexity index is 934. The third-order valence-electron chi connectivity index (χ3n) is 4.82. The maximum Gasteiger partial charge on any atom is 0.254 e. The van der Waals surface area contributed by atoms with Gasteiger partial charge in [0.25, 0.3) is 5.91 Å². The van der Waals surface area contributed by atoms with Crippen LogP contribution in [0.1, 0.15) is 53.1 Å². The highest BCUT2D eigenvalue weighted by atomic mass is 16.5. The largest absolute Gasteiger partial charge is 0.337 e. The Hall–Kier alpha value is -3.09. The Morgan fingerprint density at radius 1 is 1.07 bits per heavy atom. The van der Waals surface area contributed by atoms with Crippen molar-refractivity contribution in [2.24, 2.45) is 0 Å². The highest BCUT2D eigenvalue weighted by molar-refractivity contribution is 5.95. The van der Waals surface area contributed by atoms with Crippen molar-refractivity contribution >= 4 is 5.91 Å². The van der Waals surface area contributed by atoms with Crippen molar-refractivity contribution in [3.8, 4) is 11.3 Å². The summed E-state index contributed by atoms with van der Waals surface area (Å²) in [6.45, 7) is 4.38. The van der Waals surface area contributed by atoms with Crippen LogP contribution in [0.25, 0.3) is 11.3 Å². The van der Waals surface area contributed by atoms with Gasteiger partial charge in [0.15, 0.2) is 5.82 Å². The van der Waals surface area contributed by atoms with Crippen molar-refractivity contribution in [2.75, 3.05) is 6.54 Å². The highest BCUT2D eigenvalue weighted by Gasteiger charge is 2.32. The van der Waals surface area contributed by atoms with Crippen molar-refractivity contribution < 1.29 is 9.32 Å². The topological polar surface area (TPSA) is 85.0 Å². The smallest absolute Gasteiger partial charge is 0.254 e. The Kier molecular flexibility index (Phi) is 4.66. The van der Waals surface area contributed by atoms with Crippen molar-refractivity contribution in [3.63, 3.8) is 0 Å². The van der Waals surface area contributed by atoms with Gasteiger partial charge in [0.2, 0.25) is 5.89 Å². The zero-order valence-corrected chi connectivity index (χ0v) is 15.4. The zero-order valence-electron chi connectivity index (χ0n) is 15.4. The molecule has 1 fully saturated rings. The molecule has 7 nitrogen and oxygen atoms in total. The molecular weight excluding hydrogens is 342 g/mol. The van der Waals surface area contributed by atoms with Crippen LogP contribution in [-0.2, 0) is 0 Å². The third kappa shape index (κ3) is 3.58. The summed E-state index contributed by atoms with van der Waals surface area (Å²) >= 11 is 0. The van der Waals surface area contributed by atoms with E-state index in [1.54, 1.807) is 6.92 Å². The number of rotatable bonds is 3. The lowest BCUT2D eigenvalue weighted by atomic mass is 10.00. The fourth-order valence-electron chi connectivity index (χ4n) is 3.38. The van der Waals surface area contributed by atoms with E-state index in [-0.39, 0.29) is 11.9 Å². The van der Waals surface area contributed by atoms with E-state index in [2.05, 4.69) is 20.3 Å². The summed E-state index contributed by atoms with van der Waals surface area (Å²) in [5.74, 6) is 1.09. The SMILES string of the molecule is Cc1ccc(-c2ccc(C(=O)N3CCCC[C@@H]3c3nc(C)no3)cc2)nn1. The van der Waals surface area contributed by atoms with Gasteiger partial charge >= 0.3 is 0 Å². The molecule has 1 saturated heterocycles. The second-order valence-corrected chi connectivity index (χ2v) is 6.83. The van der Waals surface area contributed by atoms with Gasteiger partial charge in [0.1, 0.15) is 6.04 Å². The molecule has 3 aromatic rings. The minimum Gasteiger partial charge on any atom is -0.337 e. The van der Waals surface area contributed by atoms with Crippen LogP contribution in [0.4, 0.5) is 0 Å². The lowest BCUT2D eigenvalue weighted by Crippen LogP contribution is -2.38. The van der Waals surface area contributed by atoms with E-state index in [9.17, 15) is 4.79 Å². The first-order chi connectivity index (χ1) is 13.1. The van der Waals surface area contributed by atoms with Crippen LogP contribution < -0.4 is 0 Å². The molecular formula is C20H21N5O2. The van der Waals surface area contributed by atoms with Crippen LogP contribution in [-0.4, -0.2) is 37.7 Å². The normalized spacial score (nSPS) is 17.1. The van der Waals surface area contributed by atoms with E-state index >= 15 is 0 Å². The number of carbonyl (C=O) groups excluding carboxylic acids is 1. The number of hydrogen-bond acceptors (Lipinski definition) is 6. The van der Waals surface area contributed by atoms with Crippen molar-refractivity contribution in [1.29, 1.82) is 0 Å². The first-order valence-corrected chi connectivity index (χ1v) is 9.14. The lowest BCUT2D eigenvalue weighted by molar-refractivity contribution is 0.0561. The maximum atomic E-state index is 13.1. The van der Waals surface area contributed by atoms with Gasteiger partial charge in [-0.2, -0.15) is 15.2 Å². The second kappa shape index (κ2) is 7.26. The molecule has 1 aliphatic heterocycles. The standard InChI is InChI=1S/C20H21N5O2/c1-13-6-11-17(23-22-13)15-7-9-16(10-8-15)20(26)25-12-4-3-5-18(25)19-21-14(2)24-27-19/h6-11,18H,3-5,12H2,1-2H3/t18-/m1/s1. The molecule has 3 heterocycles. The minimum atomic E-state index is -0.157. The van der Waals surface area contributed by atoms with Crippen molar-refractivity contribution in [3.05, 3.63) is 59.4 Å². The van der Waals surface area contributed by atoms with Crippen LogP contribution in [0.3, 0.4) is 0 Å². The zero-order chi connectivity index (χ0) is 18.8. The Morgan fingerprint density at radius 2 is 1.89 bits per heavy atom. The van der Waals surface area contributed by atoms with Crippen LogP contribution >= 0.6 is 0 Å². The number of amides is 1. The Morgan fingerprint density at radius 3 is 2.56 bits per heavy atom. The summed E-state index contributed by atoms with van der Waals surface area (Å²) in [5, 5.41) is 12.2. The number of likely N-dealkylation sites (tertiary alicyclic amines) is 1. The molecule has 1 aromatic carbocycles. The molecule has 0 saturated carbocycles. The van der Waals surface area contributed by atoms with Gasteiger partial charge in [-0.1, -0.05) is 17.3 Å². The van der Waals surface area contributed by atoms with Crippen LogP contribution in [0.2, 0.25) is 0 Å². The number of piperidine rings is 1. The molecule has 1 amide bonds. The number of aromatic nitrogens is 4. The quantitative estimate of drug-likeness (QED) is 0.708. The molecule has 7 heteroatoms. The molecule has 0 N–H and O–H groups in total. The van der Waals surface area contributed by atoms with Gasteiger partial charge in [0.05, 0.1) is 11.4 Å². The maximum absolute atomic E-state index is 13.1. The van der Waals surface area contributed by atoms with Gasteiger partial charge in [-0.3, -0.25) is 4.79 Å².